The fourth-order valence-corrected chi connectivity index (χ4v) is 4.33. The number of amides is 1. The van der Waals surface area contributed by atoms with Crippen LogP contribution >= 0.6 is 11.6 Å². The quantitative estimate of drug-likeness (QED) is 0.797. The van der Waals surface area contributed by atoms with Gasteiger partial charge in [0.15, 0.2) is 0 Å². The number of carbonyl (C=O) groups is 1. The van der Waals surface area contributed by atoms with Gasteiger partial charge in [0.25, 0.3) is 0 Å². The smallest absolute Gasteiger partial charge is 0.244 e. The van der Waals surface area contributed by atoms with Gasteiger partial charge in [0, 0.05) is 31.1 Å². The Morgan fingerprint density at radius 2 is 1.85 bits per heavy atom. The molecule has 1 saturated heterocycles. The van der Waals surface area contributed by atoms with Crippen LogP contribution in [-0.2, 0) is 11.3 Å². The summed E-state index contributed by atoms with van der Waals surface area (Å²) in [5, 5.41) is 0.734. The number of rotatable bonds is 4. The second-order valence-electron chi connectivity index (χ2n) is 7.91. The summed E-state index contributed by atoms with van der Waals surface area (Å²) < 4.78 is 6.34. The van der Waals surface area contributed by atoms with Crippen LogP contribution in [0.1, 0.15) is 24.8 Å². The molecule has 5 rings (SSSR count). The van der Waals surface area contributed by atoms with Gasteiger partial charge in [-0.25, -0.2) is 0 Å². The van der Waals surface area contributed by atoms with Crippen molar-refractivity contribution in [3.63, 3.8) is 0 Å². The molecule has 2 aromatic carbocycles. The highest BCUT2D eigenvalue weighted by Gasteiger charge is 2.43. The number of benzene rings is 2. The minimum Gasteiger partial charge on any atom is -0.487 e. The van der Waals surface area contributed by atoms with Crippen LogP contribution in [0.15, 0.2) is 48.5 Å². The van der Waals surface area contributed by atoms with Crippen molar-refractivity contribution in [2.75, 3.05) is 18.0 Å². The lowest BCUT2D eigenvalue weighted by Crippen LogP contribution is -2.46. The normalized spacial score (nSPS) is 24.9. The molecule has 2 bridgehead atoms. The van der Waals surface area contributed by atoms with E-state index in [0.29, 0.717) is 5.92 Å². The number of anilines is 1. The van der Waals surface area contributed by atoms with E-state index >= 15 is 0 Å². The maximum absolute atomic E-state index is 13.5. The average molecular weight is 383 g/mol. The highest BCUT2D eigenvalue weighted by molar-refractivity contribution is 6.30. The molecule has 2 aromatic rings. The fourth-order valence-electron chi connectivity index (χ4n) is 4.21. The predicted molar refractivity (Wildman–Crippen MR) is 106 cm³/mol. The molecule has 1 aliphatic carbocycles. The van der Waals surface area contributed by atoms with Crippen molar-refractivity contribution >= 4 is 23.2 Å². The highest BCUT2D eigenvalue weighted by atomic mass is 35.5. The molecular weight excluding hydrogens is 360 g/mol. The molecule has 2 heterocycles. The van der Waals surface area contributed by atoms with Crippen LogP contribution in [0.2, 0.25) is 5.02 Å². The monoisotopic (exact) mass is 382 g/mol. The van der Waals surface area contributed by atoms with Crippen LogP contribution in [0.5, 0.6) is 5.75 Å². The standard InChI is InChI=1S/C22H23ClN2O2/c23-17-9-7-15(8-10-17)12-24-14-18-11-20(24)22(26)25(13-16-5-6-16)19-3-1-2-4-21(19)27-18/h1-4,7-10,16,18,20H,5-6,11-14H2/t18-,20-/m0/s1. The van der Waals surface area contributed by atoms with Gasteiger partial charge in [0.05, 0.1) is 11.7 Å². The van der Waals surface area contributed by atoms with E-state index in [9.17, 15) is 4.79 Å². The summed E-state index contributed by atoms with van der Waals surface area (Å²) in [4.78, 5) is 17.8. The van der Waals surface area contributed by atoms with Crippen molar-refractivity contribution in [1.82, 2.24) is 4.90 Å². The Bertz CT molecular complexity index is 850. The van der Waals surface area contributed by atoms with E-state index in [-0.39, 0.29) is 18.1 Å². The minimum absolute atomic E-state index is 0.0514. The summed E-state index contributed by atoms with van der Waals surface area (Å²) in [6.45, 7) is 2.31. The van der Waals surface area contributed by atoms with Crippen molar-refractivity contribution in [3.05, 3.63) is 59.1 Å². The molecule has 0 aromatic heterocycles. The molecule has 0 unspecified atom stereocenters. The zero-order valence-corrected chi connectivity index (χ0v) is 15.9. The van der Waals surface area contributed by atoms with Crippen LogP contribution in [-0.4, -0.2) is 36.0 Å². The topological polar surface area (TPSA) is 32.8 Å². The molecular formula is C22H23ClN2O2. The van der Waals surface area contributed by atoms with Crippen molar-refractivity contribution in [2.45, 2.75) is 38.0 Å². The Labute approximate surface area is 164 Å². The van der Waals surface area contributed by atoms with Gasteiger partial charge in [-0.3, -0.25) is 9.69 Å². The van der Waals surface area contributed by atoms with E-state index in [1.54, 1.807) is 0 Å². The van der Waals surface area contributed by atoms with Crippen molar-refractivity contribution in [3.8, 4) is 5.75 Å². The Hall–Kier alpha value is -2.04. The first-order valence-corrected chi connectivity index (χ1v) is 10.1. The summed E-state index contributed by atoms with van der Waals surface area (Å²) in [5.74, 6) is 1.68. The molecule has 2 aliphatic heterocycles. The van der Waals surface area contributed by atoms with Crippen LogP contribution in [0, 0.1) is 5.92 Å². The summed E-state index contributed by atoms with van der Waals surface area (Å²) in [6.07, 6.45) is 3.24. The first kappa shape index (κ1) is 17.1. The third kappa shape index (κ3) is 3.44. The lowest BCUT2D eigenvalue weighted by Gasteiger charge is -2.32. The Morgan fingerprint density at radius 3 is 2.63 bits per heavy atom. The van der Waals surface area contributed by atoms with Gasteiger partial charge in [-0.2, -0.15) is 0 Å². The summed E-state index contributed by atoms with van der Waals surface area (Å²) >= 11 is 6.01. The third-order valence-electron chi connectivity index (χ3n) is 5.80. The molecule has 0 N–H and O–H groups in total. The molecule has 3 aliphatic rings. The Morgan fingerprint density at radius 1 is 1.07 bits per heavy atom. The van der Waals surface area contributed by atoms with Gasteiger partial charge in [-0.1, -0.05) is 35.9 Å². The summed E-state index contributed by atoms with van der Waals surface area (Å²) in [6, 6.07) is 15.7. The van der Waals surface area contributed by atoms with Gasteiger partial charge >= 0.3 is 0 Å². The number of fused-ring (bicyclic) bond motifs is 3. The number of nitrogens with zero attached hydrogens (tertiary/aromatic N) is 2. The second-order valence-corrected chi connectivity index (χ2v) is 8.34. The number of carbonyl (C=O) groups excluding carboxylic acids is 1. The number of likely N-dealkylation sites (tertiary alicyclic amines) is 1. The molecule has 2 atom stereocenters. The number of hydrogen-bond donors (Lipinski definition) is 0. The molecule has 0 spiro atoms. The van der Waals surface area contributed by atoms with E-state index in [2.05, 4.69) is 4.90 Å². The predicted octanol–water partition coefficient (Wildman–Crippen LogP) is 4.12. The molecule has 0 radical (unpaired) electrons. The van der Waals surface area contributed by atoms with Crippen molar-refractivity contribution in [1.29, 1.82) is 0 Å². The lowest BCUT2D eigenvalue weighted by atomic mass is 10.1. The average Bonchev–Trinajstić information content (AvgIpc) is 3.40. The van der Waals surface area contributed by atoms with Gasteiger partial charge in [0.2, 0.25) is 5.91 Å². The Kier molecular flexibility index (Phi) is 4.33. The number of hydrogen-bond acceptors (Lipinski definition) is 3. The highest BCUT2D eigenvalue weighted by Crippen LogP contribution is 2.39. The first-order valence-electron chi connectivity index (χ1n) is 9.73. The fraction of sp³-hybridized carbons (Fsp3) is 0.409. The molecule has 1 saturated carbocycles. The van der Waals surface area contributed by atoms with E-state index < -0.39 is 0 Å². The van der Waals surface area contributed by atoms with Crippen LogP contribution in [0.3, 0.4) is 0 Å². The lowest BCUT2D eigenvalue weighted by molar-refractivity contribution is -0.123. The van der Waals surface area contributed by atoms with Crippen LogP contribution in [0.25, 0.3) is 0 Å². The van der Waals surface area contributed by atoms with Gasteiger partial charge in [-0.15, -0.1) is 0 Å². The second kappa shape index (κ2) is 6.84. The largest absolute Gasteiger partial charge is 0.487 e. The third-order valence-corrected chi connectivity index (χ3v) is 6.05. The van der Waals surface area contributed by atoms with Crippen molar-refractivity contribution in [2.24, 2.45) is 5.92 Å². The molecule has 5 heteroatoms. The maximum atomic E-state index is 13.5. The minimum atomic E-state index is -0.127. The summed E-state index contributed by atoms with van der Waals surface area (Å²) in [7, 11) is 0. The van der Waals surface area contributed by atoms with Crippen LogP contribution < -0.4 is 9.64 Å². The molecule has 2 fully saturated rings. The van der Waals surface area contributed by atoms with E-state index in [0.717, 1.165) is 42.5 Å². The molecule has 1 amide bonds. The van der Waals surface area contributed by atoms with Crippen LogP contribution in [0.4, 0.5) is 5.69 Å². The number of ether oxygens (including phenoxy) is 1. The van der Waals surface area contributed by atoms with E-state index in [1.807, 2.05) is 53.4 Å². The molecule has 27 heavy (non-hydrogen) atoms. The molecule has 140 valence electrons. The summed E-state index contributed by atoms with van der Waals surface area (Å²) in [5.41, 5.74) is 2.10. The maximum Gasteiger partial charge on any atom is 0.244 e. The van der Waals surface area contributed by atoms with E-state index in [1.165, 1.54) is 18.4 Å². The van der Waals surface area contributed by atoms with Gasteiger partial charge in [0.1, 0.15) is 11.9 Å². The zero-order chi connectivity index (χ0) is 18.4. The Balaban J connectivity index is 1.45. The van der Waals surface area contributed by atoms with Gasteiger partial charge < -0.3 is 9.64 Å². The number of para-hydroxylation sites is 2. The van der Waals surface area contributed by atoms with Crippen molar-refractivity contribution < 1.29 is 9.53 Å². The first-order chi connectivity index (χ1) is 13.2. The number of halogens is 1. The van der Waals surface area contributed by atoms with Gasteiger partial charge in [-0.05, 0) is 48.6 Å². The zero-order valence-electron chi connectivity index (χ0n) is 15.2. The van der Waals surface area contributed by atoms with E-state index in [4.69, 9.17) is 16.3 Å². The SMILES string of the molecule is O=C1[C@@H]2C[C@@H](CN2Cc2ccc(Cl)cc2)Oc2ccccc2N1CC1CC1. The molecule has 4 nitrogen and oxygen atoms in total.